The maximum Gasteiger partial charge on any atom is 0.00104 e. The molecule has 1 nitrogen and oxygen atoms in total. The fraction of sp³-hybridized carbons (Fsp3) is 1.00. The van der Waals surface area contributed by atoms with Gasteiger partial charge in [0.05, 0.1) is 0 Å². The monoisotopic (exact) mass is 211 g/mol. The number of rotatable bonds is 4. The lowest BCUT2D eigenvalue weighted by molar-refractivity contribution is 0.155. The summed E-state index contributed by atoms with van der Waals surface area (Å²) in [6.07, 6.45) is 4.33. The van der Waals surface area contributed by atoms with E-state index in [1.54, 1.807) is 0 Å². The third-order valence-corrected chi connectivity index (χ3v) is 4.12. The molecule has 1 aliphatic carbocycles. The summed E-state index contributed by atoms with van der Waals surface area (Å²) in [6, 6.07) is 0.639. The van der Waals surface area contributed by atoms with Gasteiger partial charge in [0, 0.05) is 6.04 Å². The number of hydrogen-bond acceptors (Lipinski definition) is 1. The van der Waals surface area contributed by atoms with Crippen LogP contribution in [-0.4, -0.2) is 12.6 Å². The molecule has 1 saturated carbocycles. The van der Waals surface area contributed by atoms with Crippen LogP contribution in [0, 0.1) is 23.7 Å². The first kappa shape index (κ1) is 13.0. The molecule has 1 heteroatoms. The van der Waals surface area contributed by atoms with Crippen LogP contribution in [0.3, 0.4) is 0 Å². The van der Waals surface area contributed by atoms with Crippen molar-refractivity contribution in [3.05, 3.63) is 0 Å². The third kappa shape index (κ3) is 4.14. The van der Waals surface area contributed by atoms with Gasteiger partial charge in [0.2, 0.25) is 0 Å². The molecule has 0 aromatic heterocycles. The van der Waals surface area contributed by atoms with Gasteiger partial charge in [-0.2, -0.15) is 0 Å². The highest BCUT2D eigenvalue weighted by molar-refractivity contribution is 4.80. The molecule has 3 atom stereocenters. The van der Waals surface area contributed by atoms with Gasteiger partial charge in [0.1, 0.15) is 0 Å². The van der Waals surface area contributed by atoms with E-state index in [0.29, 0.717) is 6.04 Å². The Morgan fingerprint density at radius 1 is 1.13 bits per heavy atom. The Morgan fingerprint density at radius 2 is 1.80 bits per heavy atom. The fourth-order valence-electron chi connectivity index (χ4n) is 2.80. The molecule has 0 amide bonds. The van der Waals surface area contributed by atoms with Gasteiger partial charge in [-0.25, -0.2) is 0 Å². The Labute approximate surface area is 96.0 Å². The van der Waals surface area contributed by atoms with Crippen LogP contribution in [0.15, 0.2) is 0 Å². The van der Waals surface area contributed by atoms with Crippen molar-refractivity contribution >= 4 is 0 Å². The third-order valence-electron chi connectivity index (χ3n) is 4.12. The van der Waals surface area contributed by atoms with Gasteiger partial charge < -0.3 is 5.32 Å². The summed E-state index contributed by atoms with van der Waals surface area (Å²) in [7, 11) is 0. The van der Waals surface area contributed by atoms with Crippen LogP contribution < -0.4 is 5.32 Å². The summed E-state index contributed by atoms with van der Waals surface area (Å²) in [5.74, 6) is 3.70. The van der Waals surface area contributed by atoms with E-state index in [0.717, 1.165) is 23.7 Å². The standard InChI is InChI=1S/C14H29N/c1-10(2)13-6-7-14(12(5)8-13)9-15-11(3)4/h10-15H,6-9H2,1-5H3. The van der Waals surface area contributed by atoms with Crippen LogP contribution in [-0.2, 0) is 0 Å². The maximum atomic E-state index is 3.59. The van der Waals surface area contributed by atoms with Crippen molar-refractivity contribution < 1.29 is 0 Å². The van der Waals surface area contributed by atoms with Crippen LogP contribution in [0.1, 0.15) is 53.9 Å². The van der Waals surface area contributed by atoms with Crippen molar-refractivity contribution in [1.82, 2.24) is 5.32 Å². The molecule has 0 heterocycles. The predicted molar refractivity (Wildman–Crippen MR) is 68.0 cm³/mol. The van der Waals surface area contributed by atoms with Gasteiger partial charge >= 0.3 is 0 Å². The minimum atomic E-state index is 0.639. The minimum absolute atomic E-state index is 0.639. The second-order valence-corrected chi connectivity index (χ2v) is 6.12. The van der Waals surface area contributed by atoms with Gasteiger partial charge in [-0.05, 0) is 49.5 Å². The summed E-state index contributed by atoms with van der Waals surface area (Å²) in [4.78, 5) is 0. The molecule has 0 aromatic rings. The predicted octanol–water partition coefficient (Wildman–Crippen LogP) is 3.69. The molecule has 0 spiro atoms. The second-order valence-electron chi connectivity index (χ2n) is 6.12. The van der Waals surface area contributed by atoms with Crippen molar-refractivity contribution in [2.24, 2.45) is 23.7 Å². The van der Waals surface area contributed by atoms with Gasteiger partial charge in [-0.3, -0.25) is 0 Å². The average Bonchev–Trinajstić information content (AvgIpc) is 2.15. The Morgan fingerprint density at radius 3 is 2.27 bits per heavy atom. The van der Waals surface area contributed by atoms with Gasteiger partial charge in [-0.1, -0.05) is 34.6 Å². The first-order valence-corrected chi connectivity index (χ1v) is 6.74. The number of hydrogen-bond donors (Lipinski definition) is 1. The largest absolute Gasteiger partial charge is 0.314 e. The molecule has 0 aromatic carbocycles. The van der Waals surface area contributed by atoms with E-state index < -0.39 is 0 Å². The van der Waals surface area contributed by atoms with Gasteiger partial charge in [0.25, 0.3) is 0 Å². The molecule has 0 radical (unpaired) electrons. The van der Waals surface area contributed by atoms with E-state index in [9.17, 15) is 0 Å². The highest BCUT2D eigenvalue weighted by Crippen LogP contribution is 2.36. The summed E-state index contributed by atoms with van der Waals surface area (Å²) < 4.78 is 0. The minimum Gasteiger partial charge on any atom is -0.314 e. The molecule has 90 valence electrons. The molecule has 1 aliphatic rings. The van der Waals surface area contributed by atoms with Crippen molar-refractivity contribution in [2.45, 2.75) is 59.9 Å². The lowest BCUT2D eigenvalue weighted by atomic mass is 9.71. The SMILES string of the molecule is CC(C)NCC1CCC(C(C)C)CC1C. The Hall–Kier alpha value is -0.0400. The molecule has 0 aliphatic heterocycles. The highest BCUT2D eigenvalue weighted by Gasteiger charge is 2.28. The molecule has 1 rings (SSSR count). The summed E-state index contributed by atoms with van der Waals surface area (Å²) in [6.45, 7) is 12.9. The van der Waals surface area contributed by atoms with Gasteiger partial charge in [-0.15, -0.1) is 0 Å². The van der Waals surface area contributed by atoms with Crippen LogP contribution in [0.25, 0.3) is 0 Å². The smallest absolute Gasteiger partial charge is 0.00104 e. The van der Waals surface area contributed by atoms with E-state index in [2.05, 4.69) is 39.9 Å². The molecular weight excluding hydrogens is 182 g/mol. The second kappa shape index (κ2) is 5.89. The van der Waals surface area contributed by atoms with Crippen LogP contribution >= 0.6 is 0 Å². The first-order valence-electron chi connectivity index (χ1n) is 6.74. The van der Waals surface area contributed by atoms with Crippen LogP contribution in [0.4, 0.5) is 0 Å². The fourth-order valence-corrected chi connectivity index (χ4v) is 2.80. The quantitative estimate of drug-likeness (QED) is 0.748. The topological polar surface area (TPSA) is 12.0 Å². The van der Waals surface area contributed by atoms with E-state index in [1.165, 1.54) is 25.8 Å². The maximum absolute atomic E-state index is 3.59. The average molecular weight is 211 g/mol. The van der Waals surface area contributed by atoms with E-state index >= 15 is 0 Å². The van der Waals surface area contributed by atoms with E-state index in [1.807, 2.05) is 0 Å². The molecular formula is C14H29N. The molecule has 1 N–H and O–H groups in total. The van der Waals surface area contributed by atoms with Crippen molar-refractivity contribution in [1.29, 1.82) is 0 Å². The van der Waals surface area contributed by atoms with Crippen molar-refractivity contribution in [3.8, 4) is 0 Å². The summed E-state index contributed by atoms with van der Waals surface area (Å²) in [5, 5.41) is 3.59. The van der Waals surface area contributed by atoms with Crippen LogP contribution in [0.5, 0.6) is 0 Å². The Bertz CT molecular complexity index is 174. The molecule has 1 fully saturated rings. The molecule has 0 saturated heterocycles. The lowest BCUT2D eigenvalue weighted by Gasteiger charge is -2.36. The zero-order chi connectivity index (χ0) is 11.4. The lowest BCUT2D eigenvalue weighted by Crippen LogP contribution is -2.35. The zero-order valence-corrected chi connectivity index (χ0v) is 11.2. The van der Waals surface area contributed by atoms with Crippen molar-refractivity contribution in [2.75, 3.05) is 6.54 Å². The summed E-state index contributed by atoms with van der Waals surface area (Å²) >= 11 is 0. The molecule has 3 unspecified atom stereocenters. The zero-order valence-electron chi connectivity index (χ0n) is 11.2. The van der Waals surface area contributed by atoms with Crippen molar-refractivity contribution in [3.63, 3.8) is 0 Å². The van der Waals surface area contributed by atoms with E-state index in [4.69, 9.17) is 0 Å². The molecule has 15 heavy (non-hydrogen) atoms. The molecule has 0 bridgehead atoms. The van der Waals surface area contributed by atoms with E-state index in [-0.39, 0.29) is 0 Å². The first-order chi connectivity index (χ1) is 7.00. The normalized spacial score (nSPS) is 32.6. The highest BCUT2D eigenvalue weighted by atomic mass is 14.9. The van der Waals surface area contributed by atoms with Crippen LogP contribution in [0.2, 0.25) is 0 Å². The summed E-state index contributed by atoms with van der Waals surface area (Å²) in [5.41, 5.74) is 0. The van der Waals surface area contributed by atoms with Gasteiger partial charge in [0.15, 0.2) is 0 Å². The number of nitrogens with one attached hydrogen (secondary N) is 1. The Balaban J connectivity index is 2.32. The Kier molecular flexibility index (Phi) is 5.11.